The van der Waals surface area contributed by atoms with Crippen molar-refractivity contribution in [3.05, 3.63) is 58.4 Å². The number of carbonyl (C=O) groups excluding carboxylic acids is 1. The number of nitrogens with one attached hydrogen (secondary N) is 1. The van der Waals surface area contributed by atoms with Crippen LogP contribution in [-0.4, -0.2) is 26.1 Å². The van der Waals surface area contributed by atoms with Gasteiger partial charge in [-0.2, -0.15) is 5.10 Å². The van der Waals surface area contributed by atoms with Gasteiger partial charge in [0.1, 0.15) is 29.0 Å². The van der Waals surface area contributed by atoms with Gasteiger partial charge < -0.3 is 9.73 Å². The minimum Gasteiger partial charge on any atom is -0.469 e. The zero-order valence-corrected chi connectivity index (χ0v) is 15.0. The van der Waals surface area contributed by atoms with E-state index in [1.165, 1.54) is 4.68 Å². The highest BCUT2D eigenvalue weighted by Gasteiger charge is 2.13. The molecular weight excluding hydrogens is 352 g/mol. The van der Waals surface area contributed by atoms with E-state index in [1.807, 2.05) is 36.6 Å². The number of thiophene rings is 1. The van der Waals surface area contributed by atoms with Crippen molar-refractivity contribution in [1.82, 2.24) is 19.5 Å². The molecule has 0 aliphatic carbocycles. The number of nitrogens with zero attached hydrogens (tertiary/aromatic N) is 3. The van der Waals surface area contributed by atoms with E-state index in [9.17, 15) is 9.59 Å². The van der Waals surface area contributed by atoms with Crippen LogP contribution in [0.25, 0.3) is 15.7 Å². The summed E-state index contributed by atoms with van der Waals surface area (Å²) in [6.07, 6.45) is 4.73. The van der Waals surface area contributed by atoms with Gasteiger partial charge in [0, 0.05) is 17.8 Å². The van der Waals surface area contributed by atoms with Gasteiger partial charge >= 0.3 is 0 Å². The summed E-state index contributed by atoms with van der Waals surface area (Å²) in [6.45, 7) is 1.83. The second-order valence-corrected chi connectivity index (χ2v) is 7.16. The molecule has 0 aliphatic heterocycles. The first-order chi connectivity index (χ1) is 12.6. The van der Waals surface area contributed by atoms with Crippen LogP contribution in [0, 0.1) is 0 Å². The van der Waals surface area contributed by atoms with Crippen molar-refractivity contribution >= 4 is 33.0 Å². The maximum Gasteiger partial charge on any atom is 0.291 e. The van der Waals surface area contributed by atoms with E-state index in [4.69, 9.17) is 4.42 Å². The molecule has 4 rings (SSSR count). The van der Waals surface area contributed by atoms with Gasteiger partial charge in [-0.1, -0.05) is 0 Å². The van der Waals surface area contributed by atoms with Gasteiger partial charge in [0.2, 0.25) is 5.91 Å². The first kappa shape index (κ1) is 16.6. The third kappa shape index (κ3) is 3.15. The van der Waals surface area contributed by atoms with Gasteiger partial charge in [-0.05, 0) is 43.0 Å². The van der Waals surface area contributed by atoms with E-state index in [2.05, 4.69) is 10.4 Å². The first-order valence-electron chi connectivity index (χ1n) is 8.38. The predicted octanol–water partition coefficient (Wildman–Crippen LogP) is 2.44. The van der Waals surface area contributed by atoms with E-state index in [1.54, 1.807) is 28.3 Å². The van der Waals surface area contributed by atoms with Crippen molar-refractivity contribution in [2.24, 2.45) is 0 Å². The Labute approximate surface area is 152 Å². The molecule has 0 aliphatic rings. The van der Waals surface area contributed by atoms with E-state index in [-0.39, 0.29) is 24.1 Å². The number of furan rings is 1. The quantitative estimate of drug-likeness (QED) is 0.565. The van der Waals surface area contributed by atoms with Gasteiger partial charge in [0.05, 0.1) is 6.26 Å². The molecule has 26 heavy (non-hydrogen) atoms. The summed E-state index contributed by atoms with van der Waals surface area (Å²) in [5, 5.41) is 10.0. The molecule has 0 spiro atoms. The molecule has 0 bridgehead atoms. The molecule has 7 nitrogen and oxygen atoms in total. The number of fused-ring (bicyclic) bond motifs is 3. The summed E-state index contributed by atoms with van der Waals surface area (Å²) < 4.78 is 8.26. The lowest BCUT2D eigenvalue weighted by Crippen LogP contribution is -2.38. The Bertz CT molecular complexity index is 1110. The Hall–Kier alpha value is -2.87. The van der Waals surface area contributed by atoms with Crippen LogP contribution in [0.1, 0.15) is 19.1 Å². The van der Waals surface area contributed by atoms with Gasteiger partial charge in [-0.25, -0.2) is 4.68 Å². The summed E-state index contributed by atoms with van der Waals surface area (Å²) in [5.41, 5.74) is 0.259. The molecule has 134 valence electrons. The minimum absolute atomic E-state index is 0.0225. The zero-order valence-electron chi connectivity index (χ0n) is 14.2. The van der Waals surface area contributed by atoms with Crippen LogP contribution >= 0.6 is 11.3 Å². The van der Waals surface area contributed by atoms with Crippen molar-refractivity contribution in [2.45, 2.75) is 32.4 Å². The van der Waals surface area contributed by atoms with Crippen molar-refractivity contribution in [3.8, 4) is 0 Å². The largest absolute Gasteiger partial charge is 0.469 e. The van der Waals surface area contributed by atoms with Crippen LogP contribution in [0.2, 0.25) is 0 Å². The van der Waals surface area contributed by atoms with Gasteiger partial charge in [-0.3, -0.25) is 14.0 Å². The highest BCUT2D eigenvalue weighted by atomic mass is 32.1. The molecule has 1 unspecified atom stereocenters. The molecule has 4 aromatic heterocycles. The third-order valence-corrected chi connectivity index (χ3v) is 5.24. The third-order valence-electron chi connectivity index (χ3n) is 4.31. The van der Waals surface area contributed by atoms with Gasteiger partial charge in [0.15, 0.2) is 0 Å². The van der Waals surface area contributed by atoms with E-state index in [0.717, 1.165) is 28.8 Å². The van der Waals surface area contributed by atoms with Crippen LogP contribution in [0.15, 0.2) is 51.4 Å². The number of aromatic nitrogens is 3. The van der Waals surface area contributed by atoms with Gasteiger partial charge in [0.25, 0.3) is 5.56 Å². The number of rotatable bonds is 6. The van der Waals surface area contributed by atoms with Crippen LogP contribution < -0.4 is 10.9 Å². The van der Waals surface area contributed by atoms with Crippen molar-refractivity contribution in [3.63, 3.8) is 0 Å². The molecule has 1 atom stereocenters. The fraction of sp³-hybridized carbons (Fsp3) is 0.278. The number of carbonyl (C=O) groups is 1. The maximum absolute atomic E-state index is 12.6. The fourth-order valence-corrected chi connectivity index (χ4v) is 3.84. The summed E-state index contributed by atoms with van der Waals surface area (Å²) in [4.78, 5) is 25.8. The number of hydrogen-bond acceptors (Lipinski definition) is 5. The normalized spacial score (nSPS) is 12.7. The lowest BCUT2D eigenvalue weighted by atomic mass is 10.1. The van der Waals surface area contributed by atoms with Crippen molar-refractivity contribution in [2.75, 3.05) is 0 Å². The standard InChI is InChI=1S/C18H18N4O3S/c1-12(4-5-14-3-2-7-25-14)20-16(23)10-22-17(24)15-9-13-6-8-26-18(13)21(15)11-19-22/h2-3,6-9,11-12H,4-5,10H2,1H3,(H,20,23). The monoisotopic (exact) mass is 370 g/mol. The average molecular weight is 370 g/mol. The highest BCUT2D eigenvalue weighted by Crippen LogP contribution is 2.22. The van der Waals surface area contributed by atoms with E-state index < -0.39 is 0 Å². The Morgan fingerprint density at radius 3 is 3.12 bits per heavy atom. The number of hydrogen-bond donors (Lipinski definition) is 1. The SMILES string of the molecule is CC(CCc1ccco1)NC(=O)Cn1ncn2c(cc3ccsc32)c1=O. The first-order valence-corrected chi connectivity index (χ1v) is 9.26. The van der Waals surface area contributed by atoms with E-state index >= 15 is 0 Å². The van der Waals surface area contributed by atoms with Gasteiger partial charge in [-0.15, -0.1) is 11.3 Å². The molecular formula is C18H18N4O3S. The molecule has 0 aromatic carbocycles. The summed E-state index contributed by atoms with van der Waals surface area (Å²) >= 11 is 1.55. The molecule has 8 heteroatoms. The molecule has 1 N–H and O–H groups in total. The molecule has 1 amide bonds. The second kappa shape index (κ2) is 6.80. The summed E-state index contributed by atoms with van der Waals surface area (Å²) in [7, 11) is 0. The minimum atomic E-state index is -0.269. The summed E-state index contributed by atoms with van der Waals surface area (Å²) in [5.74, 6) is 0.659. The highest BCUT2D eigenvalue weighted by molar-refractivity contribution is 7.16. The van der Waals surface area contributed by atoms with Crippen molar-refractivity contribution < 1.29 is 9.21 Å². The maximum atomic E-state index is 12.6. The summed E-state index contributed by atoms with van der Waals surface area (Å²) in [6, 6.07) is 7.53. The lowest BCUT2D eigenvalue weighted by Gasteiger charge is -2.13. The number of amides is 1. The molecule has 0 saturated heterocycles. The zero-order chi connectivity index (χ0) is 18.1. The molecule has 0 saturated carbocycles. The predicted molar refractivity (Wildman–Crippen MR) is 99.5 cm³/mol. The van der Waals surface area contributed by atoms with Crippen LogP contribution in [-0.2, 0) is 17.8 Å². The Morgan fingerprint density at radius 2 is 2.31 bits per heavy atom. The Kier molecular flexibility index (Phi) is 4.34. The number of aryl methyl sites for hydroxylation is 1. The van der Waals surface area contributed by atoms with E-state index in [0.29, 0.717) is 5.52 Å². The average Bonchev–Trinajstić information content (AvgIpc) is 3.32. The Morgan fingerprint density at radius 1 is 1.42 bits per heavy atom. The topological polar surface area (TPSA) is 81.5 Å². The molecule has 0 radical (unpaired) electrons. The van der Waals surface area contributed by atoms with Crippen LogP contribution in [0.5, 0.6) is 0 Å². The Balaban J connectivity index is 1.43. The van der Waals surface area contributed by atoms with Crippen LogP contribution in [0.3, 0.4) is 0 Å². The van der Waals surface area contributed by atoms with Crippen LogP contribution in [0.4, 0.5) is 0 Å². The lowest BCUT2D eigenvalue weighted by molar-refractivity contribution is -0.122. The molecule has 4 heterocycles. The molecule has 4 aromatic rings. The van der Waals surface area contributed by atoms with Crippen molar-refractivity contribution in [1.29, 1.82) is 0 Å². The fourth-order valence-electron chi connectivity index (χ4n) is 2.98. The smallest absolute Gasteiger partial charge is 0.291 e. The molecule has 0 fully saturated rings. The second-order valence-electron chi connectivity index (χ2n) is 6.26.